The molecule has 0 aromatic rings. The quantitative estimate of drug-likeness (QED) is 0.0318. The Labute approximate surface area is 520 Å². The van der Waals surface area contributed by atoms with Crippen LogP contribution in [0.25, 0.3) is 0 Å². The number of likely N-dealkylation sites (N-methyl/N-ethyl adjacent to an activating group) is 1. The van der Waals surface area contributed by atoms with Gasteiger partial charge in [-0.1, -0.05) is 399 Å². The lowest BCUT2D eigenvalue weighted by atomic mass is 10.0. The molecule has 83 heavy (non-hydrogen) atoms. The number of aliphatic hydroxyl groups excluding tert-OH is 1. The Morgan fingerprint density at radius 3 is 0.807 bits per heavy atom. The van der Waals surface area contributed by atoms with Crippen LogP contribution in [0.15, 0.2) is 0 Å². The minimum absolute atomic E-state index is 0.0796. The summed E-state index contributed by atoms with van der Waals surface area (Å²) in [6.07, 6.45) is 83.8. The van der Waals surface area contributed by atoms with Crippen molar-refractivity contribution >= 4 is 13.7 Å². The number of carbonyl (C=O) groups excluding carboxylic acids is 1. The molecule has 0 radical (unpaired) electrons. The average Bonchev–Trinajstić information content (AvgIpc) is 3.49. The molecule has 0 aliphatic rings. The Hall–Kier alpha value is -0.500. The molecule has 1 amide bonds. The van der Waals surface area contributed by atoms with Gasteiger partial charge in [-0.15, -0.1) is 0 Å². The standard InChI is InChI=1S/C74H151N2O6P/c1-6-8-10-12-14-16-18-20-22-24-26-28-30-32-34-36-38-40-42-44-46-48-50-52-54-56-58-60-62-64-66-68-74(78)75-72(71-82-83(79,80)81-70-69-76(3,4)5)73(77)67-65-63-61-59-57-55-53-51-49-47-45-43-41-39-37-35-33-31-29-27-25-23-21-19-17-15-13-11-9-7-2/h72-73,77H,6-71H2,1-5H3,(H-,75,78,79,80)/p+1. The van der Waals surface area contributed by atoms with Gasteiger partial charge in [-0.3, -0.25) is 13.8 Å². The molecule has 0 aliphatic heterocycles. The Kier molecular flexibility index (Phi) is 65.5. The first-order chi connectivity index (χ1) is 40.5. The van der Waals surface area contributed by atoms with E-state index in [-0.39, 0.29) is 19.1 Å². The topological polar surface area (TPSA) is 105 Å². The SMILES string of the molecule is CCCCCCCCCCCCCCCCCCCCCCCCCCCCCCCCCC(=O)NC(COP(=O)(O)OCC[N+](C)(C)C)C(O)CCCCCCCCCCCCCCCCCCCCCCCCCCCCCCCC. The van der Waals surface area contributed by atoms with Crippen molar-refractivity contribution in [3.8, 4) is 0 Å². The fourth-order valence-corrected chi connectivity index (χ4v) is 13.0. The molecular formula is C74H152N2O6P+. The Balaban J connectivity index is 3.93. The number of hydrogen-bond acceptors (Lipinski definition) is 5. The van der Waals surface area contributed by atoms with Gasteiger partial charge in [0.2, 0.25) is 5.91 Å². The zero-order valence-electron chi connectivity index (χ0n) is 57.2. The molecule has 3 N–H and O–H groups in total. The first kappa shape index (κ1) is 82.5. The highest BCUT2D eigenvalue weighted by molar-refractivity contribution is 7.47. The Bertz CT molecular complexity index is 1310. The smallest absolute Gasteiger partial charge is 0.391 e. The van der Waals surface area contributed by atoms with Crippen LogP contribution in [0.3, 0.4) is 0 Å². The molecule has 3 atom stereocenters. The number of unbranched alkanes of at least 4 members (excludes halogenated alkanes) is 59. The van der Waals surface area contributed by atoms with E-state index in [1.807, 2.05) is 21.1 Å². The summed E-state index contributed by atoms with van der Waals surface area (Å²) in [6.45, 7) is 4.97. The highest BCUT2D eigenvalue weighted by Crippen LogP contribution is 2.43. The van der Waals surface area contributed by atoms with Gasteiger partial charge in [0.05, 0.1) is 39.9 Å². The first-order valence-corrected chi connectivity index (χ1v) is 39.4. The van der Waals surface area contributed by atoms with Crippen molar-refractivity contribution in [3.63, 3.8) is 0 Å². The predicted octanol–water partition coefficient (Wildman–Crippen LogP) is 24.3. The number of aliphatic hydroxyl groups is 1. The van der Waals surface area contributed by atoms with Crippen molar-refractivity contribution in [2.45, 2.75) is 431 Å². The molecule has 9 heteroatoms. The molecular weight excluding hydrogens is 1040 g/mol. The van der Waals surface area contributed by atoms with Gasteiger partial charge in [0, 0.05) is 6.42 Å². The van der Waals surface area contributed by atoms with Gasteiger partial charge in [0.1, 0.15) is 13.2 Å². The van der Waals surface area contributed by atoms with Crippen LogP contribution >= 0.6 is 7.82 Å². The first-order valence-electron chi connectivity index (χ1n) is 37.9. The van der Waals surface area contributed by atoms with E-state index in [1.165, 1.54) is 353 Å². The molecule has 0 bridgehead atoms. The molecule has 0 aliphatic carbocycles. The van der Waals surface area contributed by atoms with Crippen LogP contribution in [0.1, 0.15) is 418 Å². The normalized spacial score (nSPS) is 13.5. The number of hydrogen-bond donors (Lipinski definition) is 3. The van der Waals surface area contributed by atoms with Gasteiger partial charge in [-0.05, 0) is 12.8 Å². The number of phosphoric acid groups is 1. The fourth-order valence-electron chi connectivity index (χ4n) is 12.2. The number of carbonyl (C=O) groups is 1. The van der Waals surface area contributed by atoms with Crippen LogP contribution in [-0.2, 0) is 18.4 Å². The van der Waals surface area contributed by atoms with Gasteiger partial charge in [0.25, 0.3) is 0 Å². The van der Waals surface area contributed by atoms with Crippen molar-refractivity contribution in [1.29, 1.82) is 0 Å². The second-order valence-electron chi connectivity index (χ2n) is 27.8. The summed E-state index contributed by atoms with van der Waals surface area (Å²) >= 11 is 0. The third-order valence-electron chi connectivity index (χ3n) is 18.1. The summed E-state index contributed by atoms with van der Waals surface area (Å²) in [5.74, 6) is -0.132. The zero-order chi connectivity index (χ0) is 60.5. The third kappa shape index (κ3) is 68.8. The number of rotatable bonds is 72. The summed E-state index contributed by atoms with van der Waals surface area (Å²) in [4.78, 5) is 23.5. The Morgan fingerprint density at radius 2 is 0.578 bits per heavy atom. The van der Waals surface area contributed by atoms with E-state index in [0.29, 0.717) is 23.9 Å². The molecule has 0 aromatic carbocycles. The van der Waals surface area contributed by atoms with E-state index in [0.717, 1.165) is 38.5 Å². The number of amides is 1. The van der Waals surface area contributed by atoms with Crippen LogP contribution in [0.5, 0.6) is 0 Å². The maximum absolute atomic E-state index is 13.1. The number of nitrogens with one attached hydrogen (secondary N) is 1. The lowest BCUT2D eigenvalue weighted by molar-refractivity contribution is -0.870. The number of quaternary nitrogens is 1. The molecule has 0 fully saturated rings. The fraction of sp³-hybridized carbons (Fsp3) is 0.986. The molecule has 3 unspecified atom stereocenters. The van der Waals surface area contributed by atoms with Gasteiger partial charge < -0.3 is 19.8 Å². The van der Waals surface area contributed by atoms with Crippen molar-refractivity contribution in [2.24, 2.45) is 0 Å². The summed E-state index contributed by atoms with van der Waals surface area (Å²) in [5, 5.41) is 14.2. The van der Waals surface area contributed by atoms with Crippen molar-refractivity contribution in [1.82, 2.24) is 5.32 Å². The maximum atomic E-state index is 13.1. The van der Waals surface area contributed by atoms with Crippen LogP contribution < -0.4 is 5.32 Å². The second kappa shape index (κ2) is 65.9. The molecule has 0 rings (SSSR count). The van der Waals surface area contributed by atoms with E-state index < -0.39 is 20.0 Å². The molecule has 498 valence electrons. The predicted molar refractivity (Wildman–Crippen MR) is 365 cm³/mol. The largest absolute Gasteiger partial charge is 0.472 e. The van der Waals surface area contributed by atoms with Crippen LogP contribution in [0.2, 0.25) is 0 Å². The molecule has 0 saturated carbocycles. The minimum atomic E-state index is -4.33. The lowest BCUT2D eigenvalue weighted by Crippen LogP contribution is -2.46. The summed E-state index contributed by atoms with van der Waals surface area (Å²) in [5.41, 5.74) is 0. The Morgan fingerprint density at radius 1 is 0.361 bits per heavy atom. The van der Waals surface area contributed by atoms with Crippen molar-refractivity contribution in [3.05, 3.63) is 0 Å². The number of phosphoric ester groups is 1. The van der Waals surface area contributed by atoms with Gasteiger partial charge in [0.15, 0.2) is 0 Å². The van der Waals surface area contributed by atoms with Gasteiger partial charge in [-0.2, -0.15) is 0 Å². The molecule has 8 nitrogen and oxygen atoms in total. The zero-order valence-corrected chi connectivity index (χ0v) is 58.1. The molecule has 0 heterocycles. The second-order valence-corrected chi connectivity index (χ2v) is 29.2. The molecule has 0 saturated heterocycles. The summed E-state index contributed by atoms with van der Waals surface area (Å²) < 4.78 is 23.9. The lowest BCUT2D eigenvalue weighted by Gasteiger charge is -2.26. The highest BCUT2D eigenvalue weighted by atomic mass is 31.2. The van der Waals surface area contributed by atoms with Crippen LogP contribution in [-0.4, -0.2) is 73.4 Å². The molecule has 0 spiro atoms. The summed E-state index contributed by atoms with van der Waals surface area (Å²) in [7, 11) is 1.65. The van der Waals surface area contributed by atoms with Crippen LogP contribution in [0.4, 0.5) is 0 Å². The van der Waals surface area contributed by atoms with E-state index >= 15 is 0 Å². The number of nitrogens with zero attached hydrogens (tertiary/aromatic N) is 1. The van der Waals surface area contributed by atoms with Crippen LogP contribution in [0, 0.1) is 0 Å². The van der Waals surface area contributed by atoms with E-state index in [2.05, 4.69) is 19.2 Å². The van der Waals surface area contributed by atoms with E-state index in [9.17, 15) is 19.4 Å². The van der Waals surface area contributed by atoms with E-state index in [4.69, 9.17) is 9.05 Å². The van der Waals surface area contributed by atoms with E-state index in [1.54, 1.807) is 0 Å². The third-order valence-corrected chi connectivity index (χ3v) is 19.1. The monoisotopic (exact) mass is 1200 g/mol. The van der Waals surface area contributed by atoms with Crippen molar-refractivity contribution < 1.29 is 32.9 Å². The minimum Gasteiger partial charge on any atom is -0.391 e. The maximum Gasteiger partial charge on any atom is 0.472 e. The highest BCUT2D eigenvalue weighted by Gasteiger charge is 2.28. The van der Waals surface area contributed by atoms with Gasteiger partial charge in [-0.25, -0.2) is 4.57 Å². The summed E-state index contributed by atoms with van der Waals surface area (Å²) in [6, 6.07) is -0.757. The van der Waals surface area contributed by atoms with Crippen molar-refractivity contribution in [2.75, 3.05) is 40.9 Å². The average molecular weight is 1200 g/mol. The molecule has 0 aromatic heterocycles. The van der Waals surface area contributed by atoms with Gasteiger partial charge >= 0.3 is 7.82 Å².